The van der Waals surface area contributed by atoms with Crippen molar-refractivity contribution in [3.63, 3.8) is 0 Å². The van der Waals surface area contributed by atoms with Crippen molar-refractivity contribution in [2.75, 3.05) is 0 Å². The van der Waals surface area contributed by atoms with E-state index in [1.54, 1.807) is 6.07 Å². The lowest BCUT2D eigenvalue weighted by Gasteiger charge is -2.08. The molecule has 5 heteroatoms. The van der Waals surface area contributed by atoms with Gasteiger partial charge in [-0.1, -0.05) is 17.7 Å². The van der Waals surface area contributed by atoms with Crippen LogP contribution in [-0.2, 0) is 0 Å². The maximum atomic E-state index is 11.5. The third-order valence-corrected chi connectivity index (χ3v) is 3.50. The van der Waals surface area contributed by atoms with Gasteiger partial charge in [-0.3, -0.25) is 0 Å². The second-order valence-electron chi connectivity index (χ2n) is 5.33. The van der Waals surface area contributed by atoms with Crippen molar-refractivity contribution in [1.29, 1.82) is 0 Å². The molecule has 0 radical (unpaired) electrons. The van der Waals surface area contributed by atoms with Crippen LogP contribution >= 0.6 is 0 Å². The zero-order valence-electron chi connectivity index (χ0n) is 12.6. The Balaban J connectivity index is 2.18. The molecule has 2 heterocycles. The Morgan fingerprint density at radius 1 is 1.14 bits per heavy atom. The van der Waals surface area contributed by atoms with E-state index in [2.05, 4.69) is 5.10 Å². The molecule has 0 bridgehead atoms. The van der Waals surface area contributed by atoms with Crippen LogP contribution in [0.15, 0.2) is 40.8 Å². The largest absolute Gasteiger partial charge is 0.477 e. The van der Waals surface area contributed by atoms with E-state index in [0.29, 0.717) is 11.5 Å². The van der Waals surface area contributed by atoms with Crippen molar-refractivity contribution in [1.82, 2.24) is 9.78 Å². The molecule has 0 aliphatic rings. The molecule has 0 saturated carbocycles. The summed E-state index contributed by atoms with van der Waals surface area (Å²) in [6.45, 7) is 5.77. The molecule has 0 aliphatic carbocycles. The van der Waals surface area contributed by atoms with Crippen molar-refractivity contribution < 1.29 is 14.3 Å². The topological polar surface area (TPSA) is 68.3 Å². The number of carboxylic acid groups (broad SMARTS) is 1. The van der Waals surface area contributed by atoms with Crippen molar-refractivity contribution in [2.45, 2.75) is 20.8 Å². The molecule has 0 fully saturated rings. The molecule has 0 spiro atoms. The molecule has 0 aliphatic heterocycles. The lowest BCUT2D eigenvalue weighted by atomic mass is 10.1. The summed E-state index contributed by atoms with van der Waals surface area (Å²) in [6.07, 6.45) is 0. The first-order valence-electron chi connectivity index (χ1n) is 6.93. The number of aryl methyl sites for hydroxylation is 3. The average Bonchev–Trinajstić information content (AvgIpc) is 3.05. The fraction of sp³-hybridized carbons (Fsp3) is 0.176. The predicted octanol–water partition coefficient (Wildman–Crippen LogP) is 3.76. The van der Waals surface area contributed by atoms with Gasteiger partial charge in [-0.15, -0.1) is 0 Å². The number of benzene rings is 1. The number of hydrogen-bond acceptors (Lipinski definition) is 3. The summed E-state index contributed by atoms with van der Waals surface area (Å²) in [4.78, 5) is 11.5. The van der Waals surface area contributed by atoms with Crippen LogP contribution in [-0.4, -0.2) is 20.9 Å². The minimum Gasteiger partial charge on any atom is -0.477 e. The van der Waals surface area contributed by atoms with Crippen LogP contribution in [0.3, 0.4) is 0 Å². The molecule has 3 rings (SSSR count). The number of aromatic carboxylic acids is 1. The number of hydrogen-bond donors (Lipinski definition) is 1. The molecular weight excluding hydrogens is 280 g/mol. The first kappa shape index (κ1) is 14.1. The molecule has 1 N–H and O–H groups in total. The third-order valence-electron chi connectivity index (χ3n) is 3.50. The molecular formula is C17H16N2O3. The van der Waals surface area contributed by atoms with Gasteiger partial charge in [-0.25, -0.2) is 9.48 Å². The summed E-state index contributed by atoms with van der Waals surface area (Å²) >= 11 is 0. The third kappa shape index (κ3) is 2.41. The highest BCUT2D eigenvalue weighted by Gasteiger charge is 2.19. The lowest BCUT2D eigenvalue weighted by molar-refractivity contribution is 0.0687. The average molecular weight is 296 g/mol. The number of carbonyl (C=O) groups is 1. The van der Waals surface area contributed by atoms with E-state index < -0.39 is 5.97 Å². The van der Waals surface area contributed by atoms with Gasteiger partial charge in [0.15, 0.2) is 11.5 Å². The van der Waals surface area contributed by atoms with E-state index in [9.17, 15) is 9.90 Å². The smallest absolute Gasteiger partial charge is 0.354 e. The highest BCUT2D eigenvalue weighted by atomic mass is 16.4. The van der Waals surface area contributed by atoms with Gasteiger partial charge in [0, 0.05) is 6.07 Å². The fourth-order valence-corrected chi connectivity index (χ4v) is 2.45. The quantitative estimate of drug-likeness (QED) is 0.799. The van der Waals surface area contributed by atoms with Crippen LogP contribution in [0, 0.1) is 20.8 Å². The lowest BCUT2D eigenvalue weighted by Crippen LogP contribution is -2.09. The summed E-state index contributed by atoms with van der Waals surface area (Å²) in [7, 11) is 0. The minimum absolute atomic E-state index is 0.107. The first-order valence-corrected chi connectivity index (χ1v) is 6.93. The standard InChI is InChI=1S/C17H16N2O3/c1-10-4-6-14(11(2)8-10)19-15(17(20)21)9-13(18-19)16-7-5-12(3)22-16/h4-9H,1-3H3,(H,20,21). The minimum atomic E-state index is -1.03. The molecule has 0 amide bonds. The van der Waals surface area contributed by atoms with E-state index in [4.69, 9.17) is 4.42 Å². The van der Waals surface area contributed by atoms with Crippen molar-refractivity contribution >= 4 is 5.97 Å². The Morgan fingerprint density at radius 3 is 2.50 bits per heavy atom. The monoisotopic (exact) mass is 296 g/mol. The normalized spacial score (nSPS) is 10.9. The maximum absolute atomic E-state index is 11.5. The first-order chi connectivity index (χ1) is 10.5. The zero-order chi connectivity index (χ0) is 15.9. The van der Waals surface area contributed by atoms with Crippen molar-refractivity contribution in [3.05, 3.63) is 59.0 Å². The Bertz CT molecular complexity index is 859. The number of nitrogens with zero attached hydrogens (tertiary/aromatic N) is 2. The number of aromatic nitrogens is 2. The number of carboxylic acids is 1. The van der Waals surface area contributed by atoms with Gasteiger partial charge < -0.3 is 9.52 Å². The highest BCUT2D eigenvalue weighted by molar-refractivity contribution is 5.88. The van der Waals surface area contributed by atoms with E-state index in [-0.39, 0.29) is 5.69 Å². The highest BCUT2D eigenvalue weighted by Crippen LogP contribution is 2.25. The summed E-state index contributed by atoms with van der Waals surface area (Å²) < 4.78 is 6.98. The SMILES string of the molecule is Cc1ccc(-n2nc(-c3ccc(C)o3)cc2C(=O)O)c(C)c1. The van der Waals surface area contributed by atoms with Gasteiger partial charge in [0.1, 0.15) is 11.5 Å². The fourth-order valence-electron chi connectivity index (χ4n) is 2.45. The summed E-state index contributed by atoms with van der Waals surface area (Å²) in [5.41, 5.74) is 3.44. The van der Waals surface area contributed by atoms with Crippen LogP contribution in [0.2, 0.25) is 0 Å². The number of rotatable bonds is 3. The van der Waals surface area contributed by atoms with Crippen molar-refractivity contribution in [3.8, 4) is 17.1 Å². The summed E-state index contributed by atoms with van der Waals surface area (Å²) in [6, 6.07) is 11.0. The van der Waals surface area contributed by atoms with E-state index in [1.807, 2.05) is 45.0 Å². The summed E-state index contributed by atoms with van der Waals surface area (Å²) in [5.74, 6) is 0.290. The van der Waals surface area contributed by atoms with Gasteiger partial charge in [-0.2, -0.15) is 5.10 Å². The van der Waals surface area contributed by atoms with Gasteiger partial charge >= 0.3 is 5.97 Å². The van der Waals surface area contributed by atoms with Crippen molar-refractivity contribution in [2.24, 2.45) is 0 Å². The van der Waals surface area contributed by atoms with Gasteiger partial charge in [0.25, 0.3) is 0 Å². The molecule has 0 atom stereocenters. The van der Waals surface area contributed by atoms with E-state index in [1.165, 1.54) is 10.7 Å². The Hall–Kier alpha value is -2.82. The van der Waals surface area contributed by atoms with Crippen LogP contribution < -0.4 is 0 Å². The van der Waals surface area contributed by atoms with Gasteiger partial charge in [0.05, 0.1) is 5.69 Å². The second kappa shape index (κ2) is 5.18. The Labute approximate surface area is 127 Å². The Kier molecular flexibility index (Phi) is 3.33. The van der Waals surface area contributed by atoms with Crippen LogP contribution in [0.1, 0.15) is 27.4 Å². The summed E-state index contributed by atoms with van der Waals surface area (Å²) in [5, 5.41) is 13.9. The second-order valence-corrected chi connectivity index (χ2v) is 5.33. The van der Waals surface area contributed by atoms with Gasteiger partial charge in [-0.05, 0) is 44.5 Å². The van der Waals surface area contributed by atoms with Gasteiger partial charge in [0.2, 0.25) is 0 Å². The molecule has 1 aromatic carbocycles. The van der Waals surface area contributed by atoms with E-state index in [0.717, 1.165) is 22.6 Å². The molecule has 22 heavy (non-hydrogen) atoms. The molecule has 5 nitrogen and oxygen atoms in total. The number of furan rings is 1. The molecule has 112 valence electrons. The van der Waals surface area contributed by atoms with Crippen LogP contribution in [0.4, 0.5) is 0 Å². The molecule has 2 aromatic heterocycles. The maximum Gasteiger partial charge on any atom is 0.354 e. The Morgan fingerprint density at radius 2 is 1.91 bits per heavy atom. The zero-order valence-corrected chi connectivity index (χ0v) is 12.6. The van der Waals surface area contributed by atoms with Crippen LogP contribution in [0.5, 0.6) is 0 Å². The predicted molar refractivity (Wildman–Crippen MR) is 82.4 cm³/mol. The van der Waals surface area contributed by atoms with E-state index >= 15 is 0 Å². The molecule has 0 unspecified atom stereocenters. The van der Waals surface area contributed by atoms with Crippen LogP contribution in [0.25, 0.3) is 17.1 Å². The molecule has 3 aromatic rings. The molecule has 0 saturated heterocycles.